The molecule has 0 radical (unpaired) electrons. The van der Waals surface area contributed by atoms with Crippen LogP contribution in [-0.4, -0.2) is 16.3 Å². The molecule has 2 aromatic heterocycles. The largest absolute Gasteiger partial charge is 0.573 e. The van der Waals surface area contributed by atoms with Gasteiger partial charge in [-0.15, -0.1) is 13.2 Å². The number of pyridine rings is 2. The van der Waals surface area contributed by atoms with Crippen molar-refractivity contribution in [3.05, 3.63) is 105 Å². The number of nitriles is 1. The van der Waals surface area contributed by atoms with Crippen LogP contribution in [0, 0.1) is 71.9 Å². The molecule has 0 unspecified atom stereocenters. The van der Waals surface area contributed by atoms with Gasteiger partial charge in [0.05, 0.1) is 23.8 Å². The molecular weight excluding hydrogens is 617 g/mol. The third-order valence-corrected chi connectivity index (χ3v) is 6.53. The summed E-state index contributed by atoms with van der Waals surface area (Å²) in [5.74, 6) is -18.2. The molecular formula is C28H7F11N4O. The lowest BCUT2D eigenvalue weighted by Gasteiger charge is -2.17. The second-order valence-electron chi connectivity index (χ2n) is 8.99. The molecule has 0 amide bonds. The van der Waals surface area contributed by atoms with Crippen LogP contribution in [0.25, 0.3) is 43.8 Å². The highest BCUT2D eigenvalue weighted by atomic mass is 19.4. The Hall–Kier alpha value is -5.51. The van der Waals surface area contributed by atoms with E-state index in [1.807, 2.05) is 0 Å². The zero-order valence-corrected chi connectivity index (χ0v) is 21.2. The van der Waals surface area contributed by atoms with Crippen LogP contribution in [0.4, 0.5) is 48.3 Å². The molecule has 2 aromatic carbocycles. The molecule has 2 heterocycles. The highest BCUT2D eigenvalue weighted by Crippen LogP contribution is 2.52. The Labute approximate surface area is 237 Å². The summed E-state index contributed by atoms with van der Waals surface area (Å²) < 4.78 is 159. The first-order valence-electron chi connectivity index (χ1n) is 11.6. The maximum atomic E-state index is 14.8. The van der Waals surface area contributed by atoms with Gasteiger partial charge >= 0.3 is 6.36 Å². The van der Waals surface area contributed by atoms with E-state index in [1.54, 1.807) is 0 Å². The Kier molecular flexibility index (Phi) is 7.04. The third kappa shape index (κ3) is 4.64. The lowest BCUT2D eigenvalue weighted by atomic mass is 9.92. The molecule has 0 bridgehead atoms. The number of ether oxygens (including phenoxy) is 1. The number of nitrogens with zero attached hydrogens (tertiary/aromatic N) is 4. The predicted molar refractivity (Wildman–Crippen MR) is 128 cm³/mol. The van der Waals surface area contributed by atoms with Gasteiger partial charge in [0.15, 0.2) is 23.3 Å². The normalized spacial score (nSPS) is 13.2. The van der Waals surface area contributed by atoms with Crippen molar-refractivity contribution >= 4 is 5.57 Å². The minimum atomic E-state index is -5.55. The zero-order valence-electron chi connectivity index (χ0n) is 21.2. The molecule has 0 atom stereocenters. The smallest absolute Gasteiger partial charge is 0.405 e. The van der Waals surface area contributed by atoms with Crippen LogP contribution in [0.15, 0.2) is 30.0 Å². The van der Waals surface area contributed by atoms with E-state index in [1.165, 1.54) is 13.0 Å². The van der Waals surface area contributed by atoms with Gasteiger partial charge in [-0.2, -0.15) is 27.5 Å². The first-order valence-corrected chi connectivity index (χ1v) is 11.6. The molecule has 222 valence electrons. The van der Waals surface area contributed by atoms with E-state index in [4.69, 9.17) is 6.57 Å². The van der Waals surface area contributed by atoms with Crippen LogP contribution in [0.5, 0.6) is 5.75 Å². The number of alkyl halides is 3. The second kappa shape index (κ2) is 10.3. The van der Waals surface area contributed by atoms with Crippen molar-refractivity contribution in [1.29, 1.82) is 5.26 Å². The number of aryl methyl sites for hydroxylation is 1. The Morgan fingerprint density at radius 2 is 1.14 bits per heavy atom. The van der Waals surface area contributed by atoms with Crippen LogP contribution < -0.4 is 4.74 Å². The standard InChI is InChI=1S/C28H7F11N4O/c1-8-3-12-10(4-9(8)18-20(29)24(33)42-25(34)21(18)30)11-5-14(19-22(31)26(35)43-27(36)23(19)32)16(44-28(37,38)39)6-13(11)17(12)15(7-40)41-2/h3-6H,1H3/b17-15+. The first kappa shape index (κ1) is 30.0. The molecule has 0 saturated heterocycles. The number of halogens is 11. The van der Waals surface area contributed by atoms with E-state index in [-0.39, 0.29) is 27.8 Å². The summed E-state index contributed by atoms with van der Waals surface area (Å²) in [5, 5.41) is 9.58. The van der Waals surface area contributed by atoms with Gasteiger partial charge in [0.25, 0.3) is 29.5 Å². The number of hydrogen-bond acceptors (Lipinski definition) is 4. The van der Waals surface area contributed by atoms with E-state index < -0.39 is 92.7 Å². The summed E-state index contributed by atoms with van der Waals surface area (Å²) in [6.07, 6.45) is -5.55. The quantitative estimate of drug-likeness (QED) is 0.0877. The Bertz CT molecular complexity index is 1990. The van der Waals surface area contributed by atoms with E-state index in [9.17, 15) is 53.6 Å². The molecule has 5 nitrogen and oxygen atoms in total. The molecule has 16 heteroatoms. The van der Waals surface area contributed by atoms with E-state index >= 15 is 0 Å². The van der Waals surface area contributed by atoms with Crippen molar-refractivity contribution in [2.75, 3.05) is 0 Å². The molecule has 44 heavy (non-hydrogen) atoms. The number of aromatic nitrogens is 2. The van der Waals surface area contributed by atoms with Crippen LogP contribution in [-0.2, 0) is 0 Å². The summed E-state index contributed by atoms with van der Waals surface area (Å²) >= 11 is 0. The fraction of sp³-hybridized carbons (Fsp3) is 0.0714. The number of hydrogen-bond donors (Lipinski definition) is 0. The molecule has 4 aromatic rings. The Morgan fingerprint density at radius 1 is 0.705 bits per heavy atom. The number of allylic oxidation sites excluding steroid dienone is 1. The van der Waals surface area contributed by atoms with Crippen molar-refractivity contribution in [1.82, 2.24) is 9.97 Å². The zero-order chi connectivity index (χ0) is 32.4. The van der Waals surface area contributed by atoms with Crippen molar-refractivity contribution < 1.29 is 53.0 Å². The summed E-state index contributed by atoms with van der Waals surface area (Å²) in [5.41, 5.74) is -7.18. The molecule has 5 rings (SSSR count). The minimum absolute atomic E-state index is 0.124. The van der Waals surface area contributed by atoms with E-state index in [2.05, 4.69) is 19.5 Å². The van der Waals surface area contributed by atoms with E-state index in [0.717, 1.165) is 12.1 Å². The fourth-order valence-electron chi connectivity index (χ4n) is 4.80. The predicted octanol–water partition coefficient (Wildman–Crippen LogP) is 8.31. The lowest BCUT2D eigenvalue weighted by molar-refractivity contribution is -0.274. The van der Waals surface area contributed by atoms with Gasteiger partial charge in [-0.05, 0) is 58.5 Å². The van der Waals surface area contributed by atoms with Crippen LogP contribution >= 0.6 is 0 Å². The van der Waals surface area contributed by atoms with Gasteiger partial charge in [0, 0.05) is 11.1 Å². The van der Waals surface area contributed by atoms with Gasteiger partial charge in [-0.1, -0.05) is 6.07 Å². The summed E-state index contributed by atoms with van der Waals surface area (Å²) in [6.45, 7) is 8.57. The average Bonchev–Trinajstić information content (AvgIpc) is 3.23. The highest BCUT2D eigenvalue weighted by molar-refractivity contribution is 6.06. The Balaban J connectivity index is 1.95. The monoisotopic (exact) mass is 624 g/mol. The van der Waals surface area contributed by atoms with Gasteiger partial charge < -0.3 is 4.74 Å². The van der Waals surface area contributed by atoms with E-state index in [0.29, 0.717) is 12.1 Å². The molecule has 1 aliphatic rings. The number of benzene rings is 2. The van der Waals surface area contributed by atoms with Crippen molar-refractivity contribution in [3.8, 4) is 45.2 Å². The molecule has 1 aliphatic carbocycles. The molecule has 0 spiro atoms. The van der Waals surface area contributed by atoms with Crippen molar-refractivity contribution in [2.45, 2.75) is 13.3 Å². The van der Waals surface area contributed by atoms with Crippen molar-refractivity contribution in [2.24, 2.45) is 0 Å². The topological polar surface area (TPSA) is 63.2 Å². The molecule has 0 aliphatic heterocycles. The van der Waals surface area contributed by atoms with Crippen LogP contribution in [0.2, 0.25) is 0 Å². The fourth-order valence-corrected chi connectivity index (χ4v) is 4.80. The van der Waals surface area contributed by atoms with Gasteiger partial charge in [0.1, 0.15) is 5.75 Å². The van der Waals surface area contributed by atoms with Crippen molar-refractivity contribution in [3.63, 3.8) is 0 Å². The minimum Gasteiger partial charge on any atom is -0.405 e. The maximum Gasteiger partial charge on any atom is 0.573 e. The average molecular weight is 624 g/mol. The highest BCUT2D eigenvalue weighted by Gasteiger charge is 2.37. The maximum absolute atomic E-state index is 14.8. The Morgan fingerprint density at radius 3 is 1.57 bits per heavy atom. The van der Waals surface area contributed by atoms with Gasteiger partial charge in [-0.25, -0.2) is 27.7 Å². The SMILES string of the molecule is [C-]#[N+]/C(C#N)=C1\c2cc(C)c(-c3c(F)c(F)nc(F)c3F)cc2-c2cc(-c3c(F)c(F)nc(F)c3F)c(OC(F)(F)F)cc21. The van der Waals surface area contributed by atoms with Gasteiger partial charge in [0.2, 0.25) is 0 Å². The number of fused-ring (bicyclic) bond motifs is 3. The summed E-state index contributed by atoms with van der Waals surface area (Å²) in [6, 6.07) is 4.52. The lowest BCUT2D eigenvalue weighted by Crippen LogP contribution is -2.18. The molecule has 0 fully saturated rings. The van der Waals surface area contributed by atoms with Gasteiger partial charge in [-0.3, -0.25) is 0 Å². The summed E-state index contributed by atoms with van der Waals surface area (Å²) in [4.78, 5) is 7.85. The summed E-state index contributed by atoms with van der Waals surface area (Å²) in [7, 11) is 0. The number of rotatable bonds is 3. The van der Waals surface area contributed by atoms with Crippen LogP contribution in [0.3, 0.4) is 0 Å². The second-order valence-corrected chi connectivity index (χ2v) is 8.99. The first-order chi connectivity index (χ1) is 20.6. The molecule has 0 N–H and O–H groups in total. The molecule has 0 saturated carbocycles. The van der Waals surface area contributed by atoms with Crippen LogP contribution in [0.1, 0.15) is 16.7 Å². The third-order valence-electron chi connectivity index (χ3n) is 6.53.